The summed E-state index contributed by atoms with van der Waals surface area (Å²) < 4.78 is 1.91. The average Bonchev–Trinajstić information content (AvgIpc) is 2.44. The number of para-hydroxylation sites is 2. The van der Waals surface area contributed by atoms with Crippen LogP contribution in [0.25, 0.3) is 11.0 Å². The molecule has 0 atom stereocenters. The minimum Gasteiger partial charge on any atom is -0.321 e. The van der Waals surface area contributed by atoms with Crippen molar-refractivity contribution >= 4 is 17.3 Å². The topological polar surface area (TPSA) is 34.9 Å². The normalized spacial score (nSPS) is 10.5. The van der Waals surface area contributed by atoms with Gasteiger partial charge in [0.25, 0.3) is 0 Å². The van der Waals surface area contributed by atoms with Gasteiger partial charge in [-0.05, 0) is 19.1 Å². The maximum atomic E-state index is 10.4. The summed E-state index contributed by atoms with van der Waals surface area (Å²) in [6.07, 6.45) is 0.890. The number of aromatic nitrogens is 2. The molecule has 66 valence electrons. The van der Waals surface area contributed by atoms with E-state index in [4.69, 9.17) is 0 Å². The maximum absolute atomic E-state index is 10.4. The van der Waals surface area contributed by atoms with Crippen molar-refractivity contribution in [3.63, 3.8) is 0 Å². The molecule has 1 aromatic carbocycles. The van der Waals surface area contributed by atoms with Gasteiger partial charge in [0, 0.05) is 0 Å². The van der Waals surface area contributed by atoms with E-state index in [1.165, 1.54) is 0 Å². The molecule has 0 saturated heterocycles. The van der Waals surface area contributed by atoms with Crippen LogP contribution < -0.4 is 0 Å². The Hall–Kier alpha value is -1.64. The van der Waals surface area contributed by atoms with Gasteiger partial charge in [-0.3, -0.25) is 0 Å². The van der Waals surface area contributed by atoms with Crippen molar-refractivity contribution in [2.24, 2.45) is 0 Å². The Bertz CT molecular complexity index is 445. The van der Waals surface area contributed by atoms with Gasteiger partial charge in [-0.25, -0.2) is 4.98 Å². The van der Waals surface area contributed by atoms with Crippen LogP contribution in [0.2, 0.25) is 0 Å². The zero-order chi connectivity index (χ0) is 9.26. The highest BCUT2D eigenvalue weighted by Crippen LogP contribution is 2.14. The summed E-state index contributed by atoms with van der Waals surface area (Å²) in [6.45, 7) is 2.29. The van der Waals surface area contributed by atoms with E-state index in [1.807, 2.05) is 35.8 Å². The van der Waals surface area contributed by atoms with Crippen LogP contribution in [0.1, 0.15) is 5.82 Å². The van der Waals surface area contributed by atoms with Crippen LogP contribution in [0, 0.1) is 6.92 Å². The molecule has 0 spiro atoms. The van der Waals surface area contributed by atoms with Crippen molar-refractivity contribution in [2.45, 2.75) is 13.5 Å². The third-order valence-electron chi connectivity index (χ3n) is 2.10. The summed E-state index contributed by atoms with van der Waals surface area (Å²) in [5.74, 6) is 0.883. The van der Waals surface area contributed by atoms with Crippen molar-refractivity contribution in [1.29, 1.82) is 0 Å². The van der Waals surface area contributed by atoms with E-state index in [2.05, 4.69) is 4.98 Å². The summed E-state index contributed by atoms with van der Waals surface area (Å²) in [6, 6.07) is 7.81. The van der Waals surface area contributed by atoms with Crippen molar-refractivity contribution in [3.05, 3.63) is 30.1 Å². The SMILES string of the molecule is Cc1nc2ccccc2n1CC=O. The molecule has 0 amide bonds. The molecule has 3 heteroatoms. The van der Waals surface area contributed by atoms with E-state index < -0.39 is 0 Å². The van der Waals surface area contributed by atoms with E-state index in [1.54, 1.807) is 0 Å². The molecular weight excluding hydrogens is 164 g/mol. The summed E-state index contributed by atoms with van der Waals surface area (Å²) in [4.78, 5) is 14.8. The molecule has 1 aromatic heterocycles. The lowest BCUT2D eigenvalue weighted by Gasteiger charge is -1.99. The number of fused-ring (bicyclic) bond motifs is 1. The van der Waals surface area contributed by atoms with Crippen molar-refractivity contribution < 1.29 is 4.79 Å². The Kier molecular flexibility index (Phi) is 1.85. The Balaban J connectivity index is 2.70. The monoisotopic (exact) mass is 174 g/mol. The molecule has 1 heterocycles. The number of hydrogen-bond acceptors (Lipinski definition) is 2. The van der Waals surface area contributed by atoms with Crippen LogP contribution in [0.3, 0.4) is 0 Å². The molecule has 0 aliphatic heterocycles. The number of aryl methyl sites for hydroxylation is 1. The highest BCUT2D eigenvalue weighted by molar-refractivity contribution is 5.76. The molecule has 2 rings (SSSR count). The molecule has 0 aliphatic rings. The molecule has 0 radical (unpaired) electrons. The Morgan fingerprint density at radius 1 is 1.46 bits per heavy atom. The molecule has 0 fully saturated rings. The molecule has 13 heavy (non-hydrogen) atoms. The minimum absolute atomic E-state index is 0.381. The summed E-state index contributed by atoms with van der Waals surface area (Å²) in [5.41, 5.74) is 1.97. The van der Waals surface area contributed by atoms with Gasteiger partial charge in [0.2, 0.25) is 0 Å². The van der Waals surface area contributed by atoms with Gasteiger partial charge < -0.3 is 9.36 Å². The van der Waals surface area contributed by atoms with E-state index in [-0.39, 0.29) is 0 Å². The Morgan fingerprint density at radius 3 is 3.00 bits per heavy atom. The highest BCUT2D eigenvalue weighted by Gasteiger charge is 2.04. The number of rotatable bonds is 2. The third-order valence-corrected chi connectivity index (χ3v) is 2.10. The molecule has 0 unspecified atom stereocenters. The first-order chi connectivity index (χ1) is 6.33. The lowest BCUT2D eigenvalue weighted by atomic mass is 10.3. The second kappa shape index (κ2) is 3.01. The van der Waals surface area contributed by atoms with E-state index in [0.717, 1.165) is 23.1 Å². The molecule has 0 N–H and O–H groups in total. The van der Waals surface area contributed by atoms with Crippen LogP contribution in [-0.4, -0.2) is 15.8 Å². The van der Waals surface area contributed by atoms with Crippen molar-refractivity contribution in [1.82, 2.24) is 9.55 Å². The Morgan fingerprint density at radius 2 is 2.23 bits per heavy atom. The fraction of sp³-hybridized carbons (Fsp3) is 0.200. The number of imidazole rings is 1. The first kappa shape index (κ1) is 7.98. The number of benzene rings is 1. The van der Waals surface area contributed by atoms with E-state index in [9.17, 15) is 4.79 Å². The second-order valence-corrected chi connectivity index (χ2v) is 2.93. The highest BCUT2D eigenvalue weighted by atomic mass is 16.1. The van der Waals surface area contributed by atoms with Crippen LogP contribution in [-0.2, 0) is 11.3 Å². The molecule has 2 aromatic rings. The number of hydrogen-bond donors (Lipinski definition) is 0. The number of aldehydes is 1. The number of carbonyl (C=O) groups excluding carboxylic acids is 1. The summed E-state index contributed by atoms with van der Waals surface area (Å²) >= 11 is 0. The predicted molar refractivity (Wildman–Crippen MR) is 50.5 cm³/mol. The average molecular weight is 174 g/mol. The van der Waals surface area contributed by atoms with Crippen LogP contribution in [0.15, 0.2) is 24.3 Å². The van der Waals surface area contributed by atoms with Crippen molar-refractivity contribution in [2.75, 3.05) is 0 Å². The maximum Gasteiger partial charge on any atom is 0.139 e. The standard InChI is InChI=1S/C10H10N2O/c1-8-11-9-4-2-3-5-10(9)12(8)6-7-13/h2-5,7H,6H2,1H3. The lowest BCUT2D eigenvalue weighted by Crippen LogP contribution is -2.00. The molecule has 0 saturated carbocycles. The van der Waals surface area contributed by atoms with Crippen molar-refractivity contribution in [3.8, 4) is 0 Å². The van der Waals surface area contributed by atoms with Gasteiger partial charge >= 0.3 is 0 Å². The summed E-state index contributed by atoms with van der Waals surface area (Å²) in [5, 5.41) is 0. The van der Waals surface area contributed by atoms with Crippen LogP contribution >= 0.6 is 0 Å². The smallest absolute Gasteiger partial charge is 0.139 e. The Labute approximate surface area is 76.0 Å². The molecule has 3 nitrogen and oxygen atoms in total. The number of carbonyl (C=O) groups is 1. The second-order valence-electron chi connectivity index (χ2n) is 2.93. The van der Waals surface area contributed by atoms with Gasteiger partial charge in [-0.15, -0.1) is 0 Å². The van der Waals surface area contributed by atoms with Gasteiger partial charge in [-0.1, -0.05) is 12.1 Å². The van der Waals surface area contributed by atoms with Crippen LogP contribution in [0.5, 0.6) is 0 Å². The van der Waals surface area contributed by atoms with Gasteiger partial charge in [-0.2, -0.15) is 0 Å². The predicted octanol–water partition coefficient (Wildman–Crippen LogP) is 1.54. The van der Waals surface area contributed by atoms with E-state index in [0.29, 0.717) is 6.54 Å². The van der Waals surface area contributed by atoms with Gasteiger partial charge in [0.05, 0.1) is 17.6 Å². The minimum atomic E-state index is 0.381. The lowest BCUT2D eigenvalue weighted by molar-refractivity contribution is -0.108. The van der Waals surface area contributed by atoms with E-state index >= 15 is 0 Å². The third kappa shape index (κ3) is 1.22. The summed E-state index contributed by atoms with van der Waals surface area (Å²) in [7, 11) is 0. The zero-order valence-corrected chi connectivity index (χ0v) is 7.40. The molecular formula is C10H10N2O. The molecule has 0 bridgehead atoms. The fourth-order valence-electron chi connectivity index (χ4n) is 1.50. The van der Waals surface area contributed by atoms with Crippen LogP contribution in [0.4, 0.5) is 0 Å². The van der Waals surface area contributed by atoms with Gasteiger partial charge in [0.15, 0.2) is 0 Å². The first-order valence-electron chi connectivity index (χ1n) is 4.18. The zero-order valence-electron chi connectivity index (χ0n) is 7.40. The van der Waals surface area contributed by atoms with Gasteiger partial charge in [0.1, 0.15) is 12.1 Å². The largest absolute Gasteiger partial charge is 0.321 e. The molecule has 0 aliphatic carbocycles. The number of nitrogens with zero attached hydrogens (tertiary/aromatic N) is 2. The first-order valence-corrected chi connectivity index (χ1v) is 4.18. The fourth-order valence-corrected chi connectivity index (χ4v) is 1.50. The quantitative estimate of drug-likeness (QED) is 0.647.